The molecule has 0 spiro atoms. The predicted octanol–water partition coefficient (Wildman–Crippen LogP) is 1.13. The normalized spacial score (nSPS) is 12.9. The van der Waals surface area contributed by atoms with Gasteiger partial charge in [0.05, 0.1) is 0 Å². The third kappa shape index (κ3) is 2.28. The van der Waals surface area contributed by atoms with Crippen LogP contribution in [0.25, 0.3) is 0 Å². The largest absolute Gasteiger partial charge is 0.454 e. The van der Waals surface area contributed by atoms with Crippen LogP contribution >= 0.6 is 0 Å². The summed E-state index contributed by atoms with van der Waals surface area (Å²) in [6.45, 7) is 1.79. The minimum atomic E-state index is 0.300. The number of hydrogen-bond acceptors (Lipinski definition) is 6. The van der Waals surface area contributed by atoms with Crippen LogP contribution < -0.4 is 14.8 Å². The van der Waals surface area contributed by atoms with E-state index in [1.165, 1.54) is 6.33 Å². The lowest BCUT2D eigenvalue weighted by atomic mass is 10.2. The number of rotatable bonds is 5. The fraction of sp³-hybridized carbons (Fsp3) is 0.333. The molecule has 18 heavy (non-hydrogen) atoms. The monoisotopic (exact) mass is 247 g/mol. The Morgan fingerprint density at radius 3 is 3.17 bits per heavy atom. The fourth-order valence-corrected chi connectivity index (χ4v) is 1.85. The zero-order chi connectivity index (χ0) is 12.2. The highest BCUT2D eigenvalue weighted by atomic mass is 16.7. The highest BCUT2D eigenvalue weighted by molar-refractivity contribution is 5.48. The third-order valence-corrected chi connectivity index (χ3v) is 2.72. The topological polar surface area (TPSA) is 69.4 Å². The Balaban J connectivity index is 1.53. The first-order valence-corrected chi connectivity index (χ1v) is 5.77. The molecule has 0 saturated carbocycles. The number of ether oxygens (including phenoxy) is 2. The average molecular weight is 247 g/mol. The second-order valence-electron chi connectivity index (χ2n) is 3.91. The van der Waals surface area contributed by atoms with Gasteiger partial charge in [0.2, 0.25) is 12.7 Å². The molecule has 6 heteroatoms. The minimum absolute atomic E-state index is 0.300. The van der Waals surface area contributed by atoms with Gasteiger partial charge in [-0.3, -0.25) is 0 Å². The van der Waals surface area contributed by atoms with E-state index in [0.717, 1.165) is 30.2 Å². The summed E-state index contributed by atoms with van der Waals surface area (Å²) < 4.78 is 15.7. The lowest BCUT2D eigenvalue weighted by Crippen LogP contribution is -2.17. The molecular formula is C12H13N3O3. The first-order valence-electron chi connectivity index (χ1n) is 5.77. The van der Waals surface area contributed by atoms with E-state index in [0.29, 0.717) is 19.1 Å². The van der Waals surface area contributed by atoms with E-state index in [2.05, 4.69) is 15.5 Å². The molecular weight excluding hydrogens is 234 g/mol. The molecule has 0 bridgehead atoms. The molecule has 0 amide bonds. The van der Waals surface area contributed by atoms with E-state index in [1.54, 1.807) is 0 Å². The van der Waals surface area contributed by atoms with Crippen LogP contribution in [0, 0.1) is 0 Å². The van der Waals surface area contributed by atoms with Crippen LogP contribution in [0.2, 0.25) is 0 Å². The van der Waals surface area contributed by atoms with Crippen molar-refractivity contribution in [2.75, 3.05) is 13.3 Å². The number of hydrogen-bond donors (Lipinski definition) is 1. The van der Waals surface area contributed by atoms with E-state index < -0.39 is 0 Å². The first kappa shape index (κ1) is 11.0. The molecule has 0 atom stereocenters. The number of aromatic nitrogens is 2. The van der Waals surface area contributed by atoms with Crippen LogP contribution in [0.4, 0.5) is 0 Å². The number of nitrogens with zero attached hydrogens (tertiary/aromatic N) is 2. The van der Waals surface area contributed by atoms with E-state index >= 15 is 0 Å². The lowest BCUT2D eigenvalue weighted by Gasteiger charge is -2.06. The third-order valence-electron chi connectivity index (χ3n) is 2.72. The predicted molar refractivity (Wildman–Crippen MR) is 62.3 cm³/mol. The Morgan fingerprint density at radius 2 is 2.28 bits per heavy atom. The van der Waals surface area contributed by atoms with Crippen molar-refractivity contribution in [2.24, 2.45) is 0 Å². The molecule has 1 aromatic heterocycles. The summed E-state index contributed by atoms with van der Waals surface area (Å²) in [6, 6.07) is 5.89. The van der Waals surface area contributed by atoms with Gasteiger partial charge in [-0.15, -0.1) is 0 Å². The lowest BCUT2D eigenvalue weighted by molar-refractivity contribution is 0.173. The van der Waals surface area contributed by atoms with Crippen LogP contribution in [0.5, 0.6) is 11.5 Å². The Kier molecular flexibility index (Phi) is 3.10. The molecule has 6 nitrogen and oxygen atoms in total. The van der Waals surface area contributed by atoms with Crippen molar-refractivity contribution >= 4 is 0 Å². The maximum atomic E-state index is 5.43. The van der Waals surface area contributed by atoms with Crippen LogP contribution in [0.3, 0.4) is 0 Å². The number of benzene rings is 1. The summed E-state index contributed by atoms with van der Waals surface area (Å²) >= 11 is 0. The van der Waals surface area contributed by atoms with Gasteiger partial charge < -0.3 is 19.3 Å². The maximum absolute atomic E-state index is 5.43. The molecule has 0 fully saturated rings. The molecule has 0 aliphatic carbocycles. The van der Waals surface area contributed by atoms with Crippen molar-refractivity contribution in [2.45, 2.75) is 13.0 Å². The summed E-state index contributed by atoms with van der Waals surface area (Å²) in [5.41, 5.74) is 1.09. The van der Waals surface area contributed by atoms with E-state index in [-0.39, 0.29) is 0 Å². The standard InChI is InChI=1S/C12H13N3O3/c1-2-9(12-10(3-1)16-8-17-12)6-13-5-4-11-14-7-15-18-11/h1-3,7,13H,4-6,8H2. The Morgan fingerprint density at radius 1 is 1.28 bits per heavy atom. The first-order chi connectivity index (χ1) is 8.93. The summed E-state index contributed by atoms with van der Waals surface area (Å²) in [6.07, 6.45) is 2.12. The van der Waals surface area contributed by atoms with Gasteiger partial charge in [0.15, 0.2) is 17.8 Å². The zero-order valence-electron chi connectivity index (χ0n) is 9.76. The van der Waals surface area contributed by atoms with Gasteiger partial charge in [-0.2, -0.15) is 4.98 Å². The number of fused-ring (bicyclic) bond motifs is 1. The van der Waals surface area contributed by atoms with Crippen molar-refractivity contribution in [3.05, 3.63) is 36.0 Å². The summed E-state index contributed by atoms with van der Waals surface area (Å²) in [5.74, 6) is 2.29. The van der Waals surface area contributed by atoms with Gasteiger partial charge in [-0.1, -0.05) is 17.3 Å². The van der Waals surface area contributed by atoms with Crippen molar-refractivity contribution in [1.82, 2.24) is 15.5 Å². The Labute approximate surface area is 104 Å². The van der Waals surface area contributed by atoms with Gasteiger partial charge in [0, 0.05) is 25.1 Å². The van der Waals surface area contributed by atoms with Gasteiger partial charge in [-0.05, 0) is 6.07 Å². The SMILES string of the molecule is c1cc(CNCCc2ncno2)c2c(c1)OCO2. The molecule has 1 aliphatic rings. The van der Waals surface area contributed by atoms with Crippen molar-refractivity contribution < 1.29 is 14.0 Å². The summed E-state index contributed by atoms with van der Waals surface area (Å²) in [7, 11) is 0. The van der Waals surface area contributed by atoms with Crippen LogP contribution in [0.1, 0.15) is 11.5 Å². The molecule has 0 saturated heterocycles. The molecule has 2 aromatic rings. The maximum Gasteiger partial charge on any atom is 0.231 e. The molecule has 1 N–H and O–H groups in total. The highest BCUT2D eigenvalue weighted by Gasteiger charge is 2.16. The molecule has 94 valence electrons. The van der Waals surface area contributed by atoms with Gasteiger partial charge in [-0.25, -0.2) is 0 Å². The average Bonchev–Trinajstić information content (AvgIpc) is 3.05. The van der Waals surface area contributed by atoms with Crippen molar-refractivity contribution in [1.29, 1.82) is 0 Å². The number of para-hydroxylation sites is 1. The smallest absolute Gasteiger partial charge is 0.231 e. The minimum Gasteiger partial charge on any atom is -0.454 e. The quantitative estimate of drug-likeness (QED) is 0.799. The fourth-order valence-electron chi connectivity index (χ4n) is 1.85. The molecule has 1 aromatic carbocycles. The summed E-state index contributed by atoms with van der Waals surface area (Å²) in [5, 5.41) is 6.86. The molecule has 3 rings (SSSR count). The summed E-state index contributed by atoms with van der Waals surface area (Å²) in [4.78, 5) is 3.96. The van der Waals surface area contributed by atoms with E-state index in [1.807, 2.05) is 18.2 Å². The van der Waals surface area contributed by atoms with E-state index in [4.69, 9.17) is 14.0 Å². The highest BCUT2D eigenvalue weighted by Crippen LogP contribution is 2.35. The Hall–Kier alpha value is -2.08. The number of nitrogens with one attached hydrogen (secondary N) is 1. The Bertz CT molecular complexity index is 513. The molecule has 1 aliphatic heterocycles. The molecule has 2 heterocycles. The van der Waals surface area contributed by atoms with Gasteiger partial charge >= 0.3 is 0 Å². The van der Waals surface area contributed by atoms with Gasteiger partial charge in [0.1, 0.15) is 0 Å². The van der Waals surface area contributed by atoms with E-state index in [9.17, 15) is 0 Å². The second kappa shape index (κ2) is 5.05. The molecule has 0 radical (unpaired) electrons. The van der Waals surface area contributed by atoms with Gasteiger partial charge in [0.25, 0.3) is 0 Å². The van der Waals surface area contributed by atoms with Crippen molar-refractivity contribution in [3.8, 4) is 11.5 Å². The van der Waals surface area contributed by atoms with Crippen molar-refractivity contribution in [3.63, 3.8) is 0 Å². The second-order valence-corrected chi connectivity index (χ2v) is 3.91. The van der Waals surface area contributed by atoms with Crippen LogP contribution in [-0.2, 0) is 13.0 Å². The van der Waals surface area contributed by atoms with Crippen LogP contribution in [0.15, 0.2) is 29.0 Å². The van der Waals surface area contributed by atoms with Crippen LogP contribution in [-0.4, -0.2) is 23.5 Å². The zero-order valence-corrected chi connectivity index (χ0v) is 9.76. The molecule has 0 unspecified atom stereocenters.